The molecule has 0 saturated carbocycles. The van der Waals surface area contributed by atoms with Crippen molar-refractivity contribution in [2.24, 2.45) is 0 Å². The first kappa shape index (κ1) is 18.8. The number of ether oxygens (including phenoxy) is 2. The minimum atomic E-state index is -0.662. The number of amides is 2. The second kappa shape index (κ2) is 9.07. The highest BCUT2D eigenvalue weighted by molar-refractivity contribution is 8.13. The third-order valence-corrected chi connectivity index (χ3v) is 4.12. The number of carbonyl (C=O) groups is 4. The Morgan fingerprint density at radius 3 is 2.68 bits per heavy atom. The first-order valence-corrected chi connectivity index (χ1v) is 8.63. The van der Waals surface area contributed by atoms with Crippen LogP contribution in [0.2, 0.25) is 0 Å². The van der Waals surface area contributed by atoms with Gasteiger partial charge < -0.3 is 19.7 Å². The Morgan fingerprint density at radius 2 is 2.00 bits per heavy atom. The lowest BCUT2D eigenvalue weighted by Gasteiger charge is -2.14. The Hall–Kier alpha value is -2.55. The van der Waals surface area contributed by atoms with Crippen molar-refractivity contribution in [3.05, 3.63) is 29.8 Å². The third kappa shape index (κ3) is 5.49. The molecule has 2 amide bonds. The van der Waals surface area contributed by atoms with Gasteiger partial charge >= 0.3 is 11.9 Å². The summed E-state index contributed by atoms with van der Waals surface area (Å²) in [6.07, 6.45) is 0. The Bertz CT molecular complexity index is 678. The molecule has 8 nitrogen and oxygen atoms in total. The molecule has 0 radical (unpaired) electrons. The summed E-state index contributed by atoms with van der Waals surface area (Å²) < 4.78 is 9.78. The van der Waals surface area contributed by atoms with Crippen LogP contribution in [0.15, 0.2) is 24.3 Å². The van der Waals surface area contributed by atoms with Crippen LogP contribution in [0.1, 0.15) is 17.3 Å². The van der Waals surface area contributed by atoms with Crippen LogP contribution in [0.5, 0.6) is 0 Å². The molecule has 1 aliphatic heterocycles. The molecule has 1 heterocycles. The summed E-state index contributed by atoms with van der Waals surface area (Å²) in [5, 5.41) is 2.33. The van der Waals surface area contributed by atoms with E-state index in [2.05, 4.69) is 5.32 Å². The molecule has 9 heteroatoms. The number of esters is 2. The van der Waals surface area contributed by atoms with Gasteiger partial charge in [0.1, 0.15) is 6.54 Å². The number of anilines is 1. The van der Waals surface area contributed by atoms with Crippen LogP contribution in [-0.4, -0.2) is 60.0 Å². The highest BCUT2D eigenvalue weighted by Crippen LogP contribution is 2.17. The van der Waals surface area contributed by atoms with Gasteiger partial charge in [0, 0.05) is 12.3 Å². The number of nitrogens with zero attached hydrogens (tertiary/aromatic N) is 1. The zero-order chi connectivity index (χ0) is 18.2. The second-order valence-electron chi connectivity index (χ2n) is 5.01. The van der Waals surface area contributed by atoms with Gasteiger partial charge in [0.15, 0.2) is 6.61 Å². The molecule has 2 rings (SSSR count). The van der Waals surface area contributed by atoms with E-state index in [0.29, 0.717) is 12.3 Å². The molecule has 25 heavy (non-hydrogen) atoms. The number of hydrogen-bond acceptors (Lipinski definition) is 7. The van der Waals surface area contributed by atoms with Gasteiger partial charge in [0.25, 0.3) is 11.1 Å². The van der Waals surface area contributed by atoms with E-state index in [-0.39, 0.29) is 29.6 Å². The summed E-state index contributed by atoms with van der Waals surface area (Å²) in [6.45, 7) is 1.69. The first-order chi connectivity index (χ1) is 12.0. The van der Waals surface area contributed by atoms with Crippen LogP contribution < -0.4 is 5.32 Å². The van der Waals surface area contributed by atoms with Crippen LogP contribution in [0.4, 0.5) is 10.5 Å². The van der Waals surface area contributed by atoms with Gasteiger partial charge in [-0.25, -0.2) is 4.79 Å². The van der Waals surface area contributed by atoms with Crippen LogP contribution in [-0.2, 0) is 19.1 Å². The van der Waals surface area contributed by atoms with Gasteiger partial charge in [-0.05, 0) is 19.1 Å². The Balaban J connectivity index is 1.85. The van der Waals surface area contributed by atoms with E-state index in [9.17, 15) is 19.2 Å². The van der Waals surface area contributed by atoms with E-state index in [0.717, 1.165) is 11.8 Å². The van der Waals surface area contributed by atoms with Gasteiger partial charge in [-0.1, -0.05) is 23.9 Å². The van der Waals surface area contributed by atoms with Crippen molar-refractivity contribution >= 4 is 40.5 Å². The summed E-state index contributed by atoms with van der Waals surface area (Å²) >= 11 is 1.14. The lowest BCUT2D eigenvalue weighted by atomic mass is 10.2. The van der Waals surface area contributed by atoms with Gasteiger partial charge in [-0.2, -0.15) is 0 Å². The van der Waals surface area contributed by atoms with E-state index in [1.54, 1.807) is 25.1 Å². The monoisotopic (exact) mass is 366 g/mol. The van der Waals surface area contributed by atoms with Crippen LogP contribution in [0.25, 0.3) is 0 Å². The van der Waals surface area contributed by atoms with Crippen LogP contribution in [0, 0.1) is 0 Å². The summed E-state index contributed by atoms with van der Waals surface area (Å²) in [6, 6.07) is 6.37. The first-order valence-electron chi connectivity index (χ1n) is 7.64. The SMILES string of the molecule is CCOC(=O)c1ccccc1NC(=O)COC(=O)CN1CCSC1=O. The Kier molecular flexibility index (Phi) is 6.81. The average molecular weight is 366 g/mol. The lowest BCUT2D eigenvalue weighted by molar-refractivity contribution is -0.147. The lowest BCUT2D eigenvalue weighted by Crippen LogP contribution is -2.32. The number of carbonyl (C=O) groups excluding carboxylic acids is 4. The van der Waals surface area contributed by atoms with Gasteiger partial charge in [-0.3, -0.25) is 14.4 Å². The predicted molar refractivity (Wildman–Crippen MR) is 91.4 cm³/mol. The quantitative estimate of drug-likeness (QED) is 0.730. The zero-order valence-electron chi connectivity index (χ0n) is 13.6. The fourth-order valence-corrected chi connectivity index (χ4v) is 2.91. The van der Waals surface area contributed by atoms with Crippen molar-refractivity contribution in [3.63, 3.8) is 0 Å². The van der Waals surface area contributed by atoms with Gasteiger partial charge in [0.2, 0.25) is 0 Å². The van der Waals surface area contributed by atoms with Crippen molar-refractivity contribution in [2.75, 3.05) is 37.4 Å². The zero-order valence-corrected chi connectivity index (χ0v) is 14.5. The molecule has 0 aromatic heterocycles. The fraction of sp³-hybridized carbons (Fsp3) is 0.375. The molecule has 0 unspecified atom stereocenters. The van der Waals surface area contributed by atoms with Gasteiger partial charge in [0.05, 0.1) is 17.9 Å². The molecular weight excluding hydrogens is 348 g/mol. The summed E-state index contributed by atoms with van der Waals surface area (Å²) in [4.78, 5) is 48.2. The Morgan fingerprint density at radius 1 is 1.24 bits per heavy atom. The van der Waals surface area contributed by atoms with E-state index in [1.165, 1.54) is 11.0 Å². The van der Waals surface area contributed by atoms with Crippen molar-refractivity contribution < 1.29 is 28.7 Å². The number of nitrogens with one attached hydrogen (secondary N) is 1. The number of thioether (sulfide) groups is 1. The van der Waals surface area contributed by atoms with E-state index in [4.69, 9.17) is 9.47 Å². The largest absolute Gasteiger partial charge is 0.462 e. The average Bonchev–Trinajstić information content (AvgIpc) is 2.98. The molecule has 0 atom stereocenters. The van der Waals surface area contributed by atoms with Crippen LogP contribution in [0.3, 0.4) is 0 Å². The van der Waals surface area contributed by atoms with Crippen LogP contribution >= 0.6 is 11.8 Å². The maximum absolute atomic E-state index is 11.9. The van der Waals surface area contributed by atoms with Crippen molar-refractivity contribution in [3.8, 4) is 0 Å². The van der Waals surface area contributed by atoms with Crippen molar-refractivity contribution in [1.29, 1.82) is 0 Å². The summed E-state index contributed by atoms with van der Waals surface area (Å²) in [7, 11) is 0. The van der Waals surface area contributed by atoms with Crippen molar-refractivity contribution in [2.45, 2.75) is 6.92 Å². The van der Waals surface area contributed by atoms with Gasteiger partial charge in [-0.15, -0.1) is 0 Å². The highest BCUT2D eigenvalue weighted by atomic mass is 32.2. The third-order valence-electron chi connectivity index (χ3n) is 3.23. The fourth-order valence-electron chi connectivity index (χ4n) is 2.08. The molecule has 1 aromatic carbocycles. The minimum absolute atomic E-state index is 0.176. The molecular formula is C16H18N2O6S. The predicted octanol–water partition coefficient (Wildman–Crippen LogP) is 1.51. The minimum Gasteiger partial charge on any atom is -0.462 e. The summed E-state index contributed by atoms with van der Waals surface area (Å²) in [5.74, 6) is -1.17. The number of para-hydroxylation sites is 1. The molecule has 0 bridgehead atoms. The maximum Gasteiger partial charge on any atom is 0.340 e. The highest BCUT2D eigenvalue weighted by Gasteiger charge is 2.24. The smallest absolute Gasteiger partial charge is 0.340 e. The molecule has 134 valence electrons. The number of rotatable bonds is 7. The molecule has 1 fully saturated rings. The number of hydrogen-bond donors (Lipinski definition) is 1. The topological polar surface area (TPSA) is 102 Å². The molecule has 1 N–H and O–H groups in total. The van der Waals surface area contributed by atoms with E-state index in [1.807, 2.05) is 0 Å². The molecule has 1 aliphatic rings. The molecule has 0 aliphatic carbocycles. The normalized spacial score (nSPS) is 13.5. The second-order valence-corrected chi connectivity index (χ2v) is 6.06. The van der Waals surface area contributed by atoms with E-state index >= 15 is 0 Å². The molecule has 1 aromatic rings. The van der Waals surface area contributed by atoms with Crippen molar-refractivity contribution in [1.82, 2.24) is 4.90 Å². The number of benzene rings is 1. The van der Waals surface area contributed by atoms with E-state index < -0.39 is 24.5 Å². The maximum atomic E-state index is 11.9. The molecule has 1 saturated heterocycles. The standard InChI is InChI=1S/C16H18N2O6S/c1-2-23-15(21)11-5-3-4-6-12(11)17-13(19)10-24-14(20)9-18-7-8-25-16(18)22/h3-6H,2,7-10H2,1H3,(H,17,19). The Labute approximate surface area is 148 Å². The summed E-state index contributed by atoms with van der Waals surface area (Å²) in [5.41, 5.74) is 0.483. The molecule has 0 spiro atoms.